The molecule has 5 fully saturated rings. The van der Waals surface area contributed by atoms with E-state index in [9.17, 15) is 14.8 Å². The minimum absolute atomic E-state index is 0.0217. The van der Waals surface area contributed by atoms with Gasteiger partial charge in [0.1, 0.15) is 12.7 Å². The van der Waals surface area contributed by atoms with Gasteiger partial charge in [-0.1, -0.05) is 70.1 Å². The quantitative estimate of drug-likeness (QED) is 0.157. The van der Waals surface area contributed by atoms with E-state index in [4.69, 9.17) is 9.47 Å². The van der Waals surface area contributed by atoms with Crippen molar-refractivity contribution < 1.29 is 24.3 Å². The van der Waals surface area contributed by atoms with Gasteiger partial charge in [-0.3, -0.25) is 9.59 Å². The van der Waals surface area contributed by atoms with E-state index >= 15 is 0 Å². The Balaban J connectivity index is 1.33. The van der Waals surface area contributed by atoms with E-state index in [1.807, 2.05) is 37.3 Å². The number of rotatable bonds is 5. The van der Waals surface area contributed by atoms with Gasteiger partial charge in [-0.05, 0) is 117 Å². The molecule has 5 aliphatic carbocycles. The first-order chi connectivity index (χ1) is 20.7. The summed E-state index contributed by atoms with van der Waals surface area (Å²) in [5.74, 6) is 1.47. The van der Waals surface area contributed by atoms with Gasteiger partial charge in [0.2, 0.25) is 0 Å². The van der Waals surface area contributed by atoms with Gasteiger partial charge in [-0.25, -0.2) is 0 Å². The summed E-state index contributed by atoms with van der Waals surface area (Å²) in [6.45, 7) is 16.2. The lowest BCUT2D eigenvalue weighted by Crippen LogP contribution is -2.67. The molecule has 1 aromatic carbocycles. The summed E-state index contributed by atoms with van der Waals surface area (Å²) < 4.78 is 12.1. The summed E-state index contributed by atoms with van der Waals surface area (Å²) in [6, 6.07) is 9.99. The smallest absolute Gasteiger partial charge is 0.312 e. The molecular formula is C38H55NO5. The van der Waals surface area contributed by atoms with Crippen molar-refractivity contribution >= 4 is 17.7 Å². The molecule has 0 heterocycles. The van der Waals surface area contributed by atoms with Crippen LogP contribution in [0.25, 0.3) is 0 Å². The van der Waals surface area contributed by atoms with Crippen molar-refractivity contribution in [1.29, 1.82) is 0 Å². The molecule has 0 unspecified atom stereocenters. The van der Waals surface area contributed by atoms with Gasteiger partial charge < -0.3 is 14.7 Å². The molecule has 1 aromatic rings. The molecule has 6 heteroatoms. The largest absolute Gasteiger partial charge is 0.462 e. The fourth-order valence-corrected chi connectivity index (χ4v) is 12.7. The van der Waals surface area contributed by atoms with Crippen LogP contribution in [0.1, 0.15) is 118 Å². The Morgan fingerprint density at radius 2 is 1.57 bits per heavy atom. The van der Waals surface area contributed by atoms with Crippen molar-refractivity contribution in [3.05, 3.63) is 35.9 Å². The summed E-state index contributed by atoms with van der Waals surface area (Å²) in [5, 5.41) is 13.7. The Morgan fingerprint density at radius 1 is 0.841 bits per heavy atom. The molecule has 44 heavy (non-hydrogen) atoms. The Kier molecular flexibility index (Phi) is 7.81. The molecule has 1 N–H and O–H groups in total. The predicted octanol–water partition coefficient (Wildman–Crippen LogP) is 8.59. The normalized spacial score (nSPS) is 44.4. The number of nitrogens with zero attached hydrogens (tertiary/aromatic N) is 1. The zero-order valence-electron chi connectivity index (χ0n) is 28.2. The monoisotopic (exact) mass is 605 g/mol. The van der Waals surface area contributed by atoms with Crippen LogP contribution in [0.4, 0.5) is 0 Å². The van der Waals surface area contributed by atoms with Gasteiger partial charge >= 0.3 is 11.9 Å². The standard InChI is InChI=1S/C38H55NO5/c1-24(39-42)27-15-20-38(33(41)43-23-26-11-9-8-10-12-26)22-21-36(6)28(32(27)38)13-14-30-35(5)18-17-31(44-25(2)40)34(3,4)29(35)16-19-37(30,36)7/h8-12,27-32,42H,13-23H2,1-7H3/b39-24+/t27-,28+,29-,30+,31-,32+,35-,36+,37+,38-/m0/s1. The number of ether oxygens (including phenoxy) is 2. The van der Waals surface area contributed by atoms with Gasteiger partial charge in [0.05, 0.1) is 11.1 Å². The van der Waals surface area contributed by atoms with E-state index < -0.39 is 5.41 Å². The fourth-order valence-electron chi connectivity index (χ4n) is 12.7. The number of hydrogen-bond donors (Lipinski definition) is 1. The summed E-state index contributed by atoms with van der Waals surface area (Å²) in [7, 11) is 0. The van der Waals surface area contributed by atoms with Crippen LogP contribution in [0.2, 0.25) is 0 Å². The number of fused-ring (bicyclic) bond motifs is 7. The Morgan fingerprint density at radius 3 is 2.25 bits per heavy atom. The molecule has 5 saturated carbocycles. The number of benzene rings is 1. The SMILES string of the molecule is CC(=O)O[C@H]1CC[C@]2(C)[C@H]3CC[C@@H]4[C@H]5[C@H](/C(C)=N/O)CC[C@]5(C(=O)OCc5ccccc5)CC[C@@]4(C)[C@]3(C)CC[C@H]2C1(C)C. The summed E-state index contributed by atoms with van der Waals surface area (Å²) in [4.78, 5) is 26.2. The molecule has 0 bridgehead atoms. The van der Waals surface area contributed by atoms with Gasteiger partial charge in [0, 0.05) is 18.3 Å². The molecular weight excluding hydrogens is 550 g/mol. The number of hydrogen-bond acceptors (Lipinski definition) is 6. The molecule has 0 aliphatic heterocycles. The molecule has 10 atom stereocenters. The second kappa shape index (κ2) is 10.9. The van der Waals surface area contributed by atoms with Gasteiger partial charge in [-0.15, -0.1) is 0 Å². The molecule has 0 aromatic heterocycles. The van der Waals surface area contributed by atoms with Crippen molar-refractivity contribution in [3.8, 4) is 0 Å². The minimum atomic E-state index is -0.524. The number of oxime groups is 1. The number of carbonyl (C=O) groups excluding carboxylic acids is 2. The van der Waals surface area contributed by atoms with Crippen molar-refractivity contribution in [3.63, 3.8) is 0 Å². The lowest BCUT2D eigenvalue weighted by atomic mass is 9.32. The van der Waals surface area contributed by atoms with E-state index in [0.717, 1.165) is 75.5 Å². The van der Waals surface area contributed by atoms with Crippen molar-refractivity contribution in [2.24, 2.45) is 61.8 Å². The lowest BCUT2D eigenvalue weighted by molar-refractivity contribution is -0.250. The third kappa shape index (κ3) is 4.42. The van der Waals surface area contributed by atoms with E-state index in [0.29, 0.717) is 24.4 Å². The van der Waals surface area contributed by atoms with Crippen LogP contribution in [0.3, 0.4) is 0 Å². The zero-order valence-corrected chi connectivity index (χ0v) is 28.2. The second-order valence-electron chi connectivity index (χ2n) is 16.8. The number of esters is 2. The fraction of sp³-hybridized carbons (Fsp3) is 0.763. The third-order valence-corrected chi connectivity index (χ3v) is 15.0. The summed E-state index contributed by atoms with van der Waals surface area (Å²) in [5.41, 5.74) is 1.60. The molecule has 0 amide bonds. The first-order valence-corrected chi connectivity index (χ1v) is 17.3. The van der Waals surface area contributed by atoms with E-state index in [1.54, 1.807) is 6.92 Å². The maximum absolute atomic E-state index is 14.2. The highest BCUT2D eigenvalue weighted by Crippen LogP contribution is 2.77. The Labute approximate surface area is 264 Å². The molecule has 6 rings (SSSR count). The topological polar surface area (TPSA) is 85.2 Å². The van der Waals surface area contributed by atoms with Crippen LogP contribution < -0.4 is 0 Å². The van der Waals surface area contributed by atoms with Gasteiger partial charge in [0.15, 0.2) is 0 Å². The first-order valence-electron chi connectivity index (χ1n) is 17.3. The molecule has 0 saturated heterocycles. The average molecular weight is 606 g/mol. The van der Waals surface area contributed by atoms with Crippen LogP contribution >= 0.6 is 0 Å². The van der Waals surface area contributed by atoms with Crippen LogP contribution in [0.15, 0.2) is 35.5 Å². The molecule has 0 radical (unpaired) electrons. The Bertz CT molecular complexity index is 1310. The Hall–Kier alpha value is -2.37. The molecule has 5 aliphatic rings. The van der Waals surface area contributed by atoms with Gasteiger partial charge in [0.25, 0.3) is 0 Å². The van der Waals surface area contributed by atoms with E-state index in [-0.39, 0.29) is 51.5 Å². The highest BCUT2D eigenvalue weighted by molar-refractivity contribution is 5.87. The highest BCUT2D eigenvalue weighted by Gasteiger charge is 2.72. The van der Waals surface area contributed by atoms with Crippen LogP contribution in [-0.2, 0) is 25.7 Å². The highest BCUT2D eigenvalue weighted by atomic mass is 16.5. The maximum Gasteiger partial charge on any atom is 0.312 e. The molecule has 242 valence electrons. The van der Waals surface area contributed by atoms with Gasteiger partial charge in [-0.2, -0.15) is 0 Å². The maximum atomic E-state index is 14.2. The summed E-state index contributed by atoms with van der Waals surface area (Å²) in [6.07, 6.45) is 10.1. The minimum Gasteiger partial charge on any atom is -0.462 e. The van der Waals surface area contributed by atoms with Crippen LogP contribution in [-0.4, -0.2) is 29.0 Å². The predicted molar refractivity (Wildman–Crippen MR) is 171 cm³/mol. The zero-order chi connectivity index (χ0) is 31.7. The average Bonchev–Trinajstić information content (AvgIpc) is 3.39. The van der Waals surface area contributed by atoms with Crippen molar-refractivity contribution in [2.45, 2.75) is 125 Å². The van der Waals surface area contributed by atoms with Crippen LogP contribution in [0, 0.1) is 56.7 Å². The molecule has 0 spiro atoms. The molecule has 6 nitrogen and oxygen atoms in total. The first kappa shape index (κ1) is 31.6. The summed E-state index contributed by atoms with van der Waals surface area (Å²) >= 11 is 0. The van der Waals surface area contributed by atoms with Crippen molar-refractivity contribution in [2.75, 3.05) is 0 Å². The number of carbonyl (C=O) groups is 2. The van der Waals surface area contributed by atoms with E-state index in [2.05, 4.69) is 39.8 Å². The second-order valence-corrected chi connectivity index (χ2v) is 16.8. The van der Waals surface area contributed by atoms with Crippen molar-refractivity contribution in [1.82, 2.24) is 0 Å². The van der Waals surface area contributed by atoms with Crippen LogP contribution in [0.5, 0.6) is 0 Å². The van der Waals surface area contributed by atoms with E-state index in [1.165, 1.54) is 0 Å². The lowest BCUT2D eigenvalue weighted by Gasteiger charge is -2.72. The third-order valence-electron chi connectivity index (χ3n) is 15.0.